The van der Waals surface area contributed by atoms with Gasteiger partial charge in [-0.1, -0.05) is 24.3 Å². The molecule has 8 nitrogen and oxygen atoms in total. The fourth-order valence-corrected chi connectivity index (χ4v) is 3.82. The average molecular weight is 416 g/mol. The second-order valence-electron chi connectivity index (χ2n) is 6.03. The highest BCUT2D eigenvalue weighted by Crippen LogP contribution is 2.38. The van der Waals surface area contributed by atoms with E-state index in [4.69, 9.17) is 15.1 Å². The highest BCUT2D eigenvalue weighted by Gasteiger charge is 2.25. The Hall–Kier alpha value is -3.26. The Morgan fingerprint density at radius 2 is 2.03 bits per heavy atom. The summed E-state index contributed by atoms with van der Waals surface area (Å²) in [6, 6.07) is 12.0. The first-order valence-corrected chi connectivity index (χ1v) is 9.90. The first-order chi connectivity index (χ1) is 13.8. The summed E-state index contributed by atoms with van der Waals surface area (Å²) >= 11 is 0. The summed E-state index contributed by atoms with van der Waals surface area (Å²) in [5.74, 6) is -0.622. The monoisotopic (exact) mass is 416 g/mol. The molecule has 3 N–H and O–H groups in total. The molecular formula is C19H17FN4O4S. The van der Waals surface area contributed by atoms with Gasteiger partial charge in [-0.25, -0.2) is 17.9 Å². The van der Waals surface area contributed by atoms with Crippen LogP contribution in [0.3, 0.4) is 0 Å². The van der Waals surface area contributed by atoms with E-state index in [1.807, 2.05) is 6.07 Å². The summed E-state index contributed by atoms with van der Waals surface area (Å²) in [4.78, 5) is -0.179. The molecule has 0 amide bonds. The molecule has 0 bridgehead atoms. The minimum Gasteiger partial charge on any atom is -0.494 e. The molecule has 0 radical (unpaired) electrons. The average Bonchev–Trinajstić information content (AvgIpc) is 3.05. The van der Waals surface area contributed by atoms with Gasteiger partial charge >= 0.3 is 0 Å². The number of aliphatic hydroxyl groups is 1. The van der Waals surface area contributed by atoms with Crippen LogP contribution in [0.25, 0.3) is 22.4 Å². The number of nitriles is 1. The van der Waals surface area contributed by atoms with Crippen LogP contribution >= 0.6 is 0 Å². The number of rotatable bonds is 6. The lowest BCUT2D eigenvalue weighted by Gasteiger charge is -2.10. The van der Waals surface area contributed by atoms with Crippen LogP contribution in [-0.2, 0) is 23.2 Å². The molecule has 1 heterocycles. The molecule has 1 aromatic heterocycles. The lowest BCUT2D eigenvalue weighted by molar-refractivity contribution is 0.270. The number of hydrogen-bond acceptors (Lipinski definition) is 6. The van der Waals surface area contributed by atoms with Crippen LogP contribution in [0.2, 0.25) is 0 Å². The van der Waals surface area contributed by atoms with Crippen LogP contribution in [0, 0.1) is 17.1 Å². The van der Waals surface area contributed by atoms with Crippen molar-refractivity contribution in [3.63, 3.8) is 0 Å². The van der Waals surface area contributed by atoms with Gasteiger partial charge in [-0.15, -0.1) is 0 Å². The number of benzene rings is 2. The number of aliphatic hydroxyl groups excluding tert-OH is 1. The van der Waals surface area contributed by atoms with Crippen LogP contribution in [-0.4, -0.2) is 30.4 Å². The van der Waals surface area contributed by atoms with Crippen molar-refractivity contribution in [2.45, 2.75) is 18.0 Å². The first kappa shape index (κ1) is 20.5. The van der Waals surface area contributed by atoms with Gasteiger partial charge in [-0.2, -0.15) is 10.4 Å². The van der Waals surface area contributed by atoms with E-state index in [9.17, 15) is 17.9 Å². The molecule has 29 heavy (non-hydrogen) atoms. The number of sulfonamides is 1. The van der Waals surface area contributed by atoms with Crippen molar-refractivity contribution in [3.8, 4) is 34.2 Å². The van der Waals surface area contributed by atoms with Gasteiger partial charge in [0.15, 0.2) is 11.6 Å². The standard InChI is InChI=1S/C19H17FN4O4S/c1-28-16-7-6-12(10-14(16)20)18-15(11-25)24(9-8-21)23-19(18)13-4-2-3-5-17(13)29(22,26)27/h2-7,10,25H,9,11H2,1H3,(H2,22,26,27). The summed E-state index contributed by atoms with van der Waals surface area (Å²) in [7, 11) is -2.76. The predicted molar refractivity (Wildman–Crippen MR) is 103 cm³/mol. The van der Waals surface area contributed by atoms with Crippen LogP contribution in [0.4, 0.5) is 4.39 Å². The fraction of sp³-hybridized carbons (Fsp3) is 0.158. The topological polar surface area (TPSA) is 131 Å². The Morgan fingerprint density at radius 3 is 2.62 bits per heavy atom. The zero-order valence-electron chi connectivity index (χ0n) is 15.3. The Labute approximate surface area is 166 Å². The molecule has 2 aromatic carbocycles. The minimum absolute atomic E-state index is 0.0233. The Kier molecular flexibility index (Phi) is 5.65. The van der Waals surface area contributed by atoms with E-state index in [-0.39, 0.29) is 34.1 Å². The van der Waals surface area contributed by atoms with Gasteiger partial charge in [0.25, 0.3) is 0 Å². The van der Waals surface area contributed by atoms with E-state index in [2.05, 4.69) is 5.10 Å². The number of aromatic nitrogens is 2. The summed E-state index contributed by atoms with van der Waals surface area (Å²) in [5, 5.41) is 28.7. The number of methoxy groups -OCH3 is 1. The third-order valence-corrected chi connectivity index (χ3v) is 5.29. The van der Waals surface area contributed by atoms with Gasteiger partial charge in [0, 0.05) is 11.1 Å². The maximum atomic E-state index is 14.3. The normalized spacial score (nSPS) is 11.3. The molecule has 0 saturated carbocycles. The Morgan fingerprint density at radius 1 is 1.31 bits per heavy atom. The Balaban J connectivity index is 2.38. The minimum atomic E-state index is -4.09. The molecule has 0 aliphatic carbocycles. The second-order valence-corrected chi connectivity index (χ2v) is 7.56. The van der Waals surface area contributed by atoms with Crippen LogP contribution in [0.15, 0.2) is 47.4 Å². The first-order valence-electron chi connectivity index (χ1n) is 8.35. The SMILES string of the molecule is COc1ccc(-c2c(-c3ccccc3S(N)(=O)=O)nn(CC#N)c2CO)cc1F. The molecule has 0 saturated heterocycles. The number of ether oxygens (including phenoxy) is 1. The highest BCUT2D eigenvalue weighted by atomic mass is 32.2. The summed E-state index contributed by atoms with van der Waals surface area (Å²) < 4.78 is 44.6. The van der Waals surface area contributed by atoms with Gasteiger partial charge in [0.05, 0.1) is 30.4 Å². The summed E-state index contributed by atoms with van der Waals surface area (Å²) in [5.41, 5.74) is 1.18. The number of nitrogens with zero attached hydrogens (tertiary/aromatic N) is 3. The number of halogens is 1. The number of nitrogens with two attached hydrogens (primary N) is 1. The number of primary sulfonamides is 1. The molecule has 150 valence electrons. The fourth-order valence-electron chi connectivity index (χ4n) is 3.08. The van der Waals surface area contributed by atoms with E-state index in [1.54, 1.807) is 12.1 Å². The van der Waals surface area contributed by atoms with Gasteiger partial charge in [-0.05, 0) is 23.8 Å². The van der Waals surface area contributed by atoms with Crippen LogP contribution in [0.1, 0.15) is 5.69 Å². The van der Waals surface area contributed by atoms with Crippen molar-refractivity contribution in [1.29, 1.82) is 5.26 Å². The largest absolute Gasteiger partial charge is 0.494 e. The maximum absolute atomic E-state index is 14.3. The second kappa shape index (κ2) is 8.00. The van der Waals surface area contributed by atoms with Crippen molar-refractivity contribution in [3.05, 3.63) is 54.0 Å². The molecule has 0 aliphatic rings. The Bertz CT molecular complexity index is 1220. The molecule has 0 unspecified atom stereocenters. The van der Waals surface area contributed by atoms with Crippen LogP contribution in [0.5, 0.6) is 5.75 Å². The van der Waals surface area contributed by atoms with E-state index < -0.39 is 22.4 Å². The van der Waals surface area contributed by atoms with Gasteiger partial charge < -0.3 is 9.84 Å². The molecule has 3 rings (SSSR count). The third kappa shape index (κ3) is 3.84. The van der Waals surface area contributed by atoms with Gasteiger partial charge in [0.2, 0.25) is 10.0 Å². The lowest BCUT2D eigenvalue weighted by atomic mass is 9.98. The number of hydrogen-bond donors (Lipinski definition) is 2. The summed E-state index contributed by atoms with van der Waals surface area (Å²) in [6.07, 6.45) is 0. The molecule has 0 atom stereocenters. The molecule has 0 spiro atoms. The van der Waals surface area contributed by atoms with E-state index in [0.717, 1.165) is 0 Å². The molecule has 3 aromatic rings. The van der Waals surface area contributed by atoms with E-state index in [0.29, 0.717) is 11.1 Å². The van der Waals surface area contributed by atoms with E-state index in [1.165, 1.54) is 42.1 Å². The van der Waals surface area contributed by atoms with E-state index >= 15 is 0 Å². The van der Waals surface area contributed by atoms with Crippen LogP contribution < -0.4 is 9.88 Å². The predicted octanol–water partition coefficient (Wildman–Crippen LogP) is 2.03. The van der Waals surface area contributed by atoms with Gasteiger partial charge in [-0.3, -0.25) is 4.68 Å². The zero-order chi connectivity index (χ0) is 21.2. The van der Waals surface area contributed by atoms with Crippen molar-refractivity contribution in [2.75, 3.05) is 7.11 Å². The van der Waals surface area contributed by atoms with Crippen molar-refractivity contribution >= 4 is 10.0 Å². The zero-order valence-corrected chi connectivity index (χ0v) is 16.1. The van der Waals surface area contributed by atoms with Crippen molar-refractivity contribution in [2.24, 2.45) is 5.14 Å². The molecule has 0 fully saturated rings. The lowest BCUT2D eigenvalue weighted by Crippen LogP contribution is -2.13. The maximum Gasteiger partial charge on any atom is 0.238 e. The molecule has 0 aliphatic heterocycles. The summed E-state index contributed by atoms with van der Waals surface area (Å²) in [6.45, 7) is -0.700. The van der Waals surface area contributed by atoms with Crippen molar-refractivity contribution < 1.29 is 22.7 Å². The highest BCUT2D eigenvalue weighted by molar-refractivity contribution is 7.89. The third-order valence-electron chi connectivity index (χ3n) is 4.32. The van der Waals surface area contributed by atoms with Crippen molar-refractivity contribution in [1.82, 2.24) is 9.78 Å². The quantitative estimate of drug-likeness (QED) is 0.632. The molecular weight excluding hydrogens is 399 g/mol. The smallest absolute Gasteiger partial charge is 0.238 e. The van der Waals surface area contributed by atoms with Gasteiger partial charge in [0.1, 0.15) is 12.2 Å². The molecule has 10 heteroatoms.